The third-order valence-electron chi connectivity index (χ3n) is 2.64. The molecule has 5 nitrogen and oxygen atoms in total. The van der Waals surface area contributed by atoms with E-state index in [4.69, 9.17) is 5.84 Å². The third-order valence-corrected chi connectivity index (χ3v) is 3.39. The zero-order valence-corrected chi connectivity index (χ0v) is 11.2. The molecule has 1 rings (SSSR count). The van der Waals surface area contributed by atoms with Crippen LogP contribution in [0.4, 0.5) is 11.6 Å². The van der Waals surface area contributed by atoms with Gasteiger partial charge in [-0.05, 0) is 21.8 Å². The van der Waals surface area contributed by atoms with Crippen LogP contribution in [0.25, 0.3) is 0 Å². The van der Waals surface area contributed by atoms with Crippen molar-refractivity contribution in [2.45, 2.75) is 26.7 Å². The first-order valence-corrected chi connectivity index (χ1v) is 6.23. The minimum absolute atomic E-state index is 0.585. The Morgan fingerprint density at radius 1 is 1.31 bits per heavy atom. The molecule has 1 aromatic rings. The van der Waals surface area contributed by atoms with Gasteiger partial charge in [-0.1, -0.05) is 26.7 Å². The molecule has 0 unspecified atom stereocenters. The van der Waals surface area contributed by atoms with Crippen LogP contribution >= 0.6 is 15.9 Å². The van der Waals surface area contributed by atoms with Gasteiger partial charge in [0.1, 0.15) is 16.6 Å². The fourth-order valence-electron chi connectivity index (χ4n) is 1.41. The monoisotopic (exact) mass is 287 g/mol. The smallest absolute Gasteiger partial charge is 0.159 e. The molecule has 16 heavy (non-hydrogen) atoms. The van der Waals surface area contributed by atoms with Crippen molar-refractivity contribution in [1.82, 2.24) is 9.97 Å². The first-order chi connectivity index (χ1) is 7.72. The van der Waals surface area contributed by atoms with Crippen molar-refractivity contribution in [3.05, 3.63) is 10.8 Å². The number of aromatic nitrogens is 2. The van der Waals surface area contributed by atoms with E-state index >= 15 is 0 Å². The largest absolute Gasteiger partial charge is 0.369 e. The molecule has 1 heterocycles. The first-order valence-electron chi connectivity index (χ1n) is 5.43. The molecule has 0 atom stereocenters. The molecule has 0 aliphatic rings. The summed E-state index contributed by atoms with van der Waals surface area (Å²) in [5.41, 5.74) is 2.51. The lowest BCUT2D eigenvalue weighted by atomic mass is 10.0. The number of hydrazine groups is 1. The minimum atomic E-state index is 0.585. The van der Waals surface area contributed by atoms with E-state index in [0.717, 1.165) is 29.7 Å². The summed E-state index contributed by atoms with van der Waals surface area (Å²) in [5, 5.41) is 3.30. The quantitative estimate of drug-likeness (QED) is 0.553. The van der Waals surface area contributed by atoms with Crippen LogP contribution < -0.4 is 16.6 Å². The molecule has 0 fully saturated rings. The van der Waals surface area contributed by atoms with E-state index in [1.807, 2.05) is 0 Å². The van der Waals surface area contributed by atoms with Gasteiger partial charge in [-0.25, -0.2) is 15.8 Å². The summed E-state index contributed by atoms with van der Waals surface area (Å²) >= 11 is 3.41. The highest BCUT2D eigenvalue weighted by molar-refractivity contribution is 9.10. The Morgan fingerprint density at radius 2 is 1.94 bits per heavy atom. The van der Waals surface area contributed by atoms with Crippen LogP contribution in [0.3, 0.4) is 0 Å². The maximum Gasteiger partial charge on any atom is 0.159 e. The Hall–Kier alpha value is -0.880. The molecule has 0 amide bonds. The molecule has 1 aromatic heterocycles. The van der Waals surface area contributed by atoms with Crippen LogP contribution in [0.5, 0.6) is 0 Å². The fourth-order valence-corrected chi connectivity index (χ4v) is 1.87. The SMILES string of the molecule is CCC(CC)CNc1ncnc(NN)c1Br. The van der Waals surface area contributed by atoms with Crippen LogP contribution in [-0.2, 0) is 0 Å². The second-order valence-electron chi connectivity index (χ2n) is 3.59. The molecule has 0 saturated carbocycles. The predicted molar refractivity (Wildman–Crippen MR) is 70.1 cm³/mol. The van der Waals surface area contributed by atoms with Gasteiger partial charge >= 0.3 is 0 Å². The lowest BCUT2D eigenvalue weighted by Crippen LogP contribution is -2.15. The highest BCUT2D eigenvalue weighted by Gasteiger charge is 2.09. The zero-order valence-electron chi connectivity index (χ0n) is 9.63. The van der Waals surface area contributed by atoms with Gasteiger partial charge in [0, 0.05) is 6.54 Å². The Balaban J connectivity index is 2.66. The summed E-state index contributed by atoms with van der Waals surface area (Å²) in [6.07, 6.45) is 3.80. The molecular weight excluding hydrogens is 270 g/mol. The summed E-state index contributed by atoms with van der Waals surface area (Å²) in [6, 6.07) is 0. The molecule has 0 saturated heterocycles. The third kappa shape index (κ3) is 3.31. The maximum absolute atomic E-state index is 5.33. The van der Waals surface area contributed by atoms with Gasteiger partial charge in [0.05, 0.1) is 0 Å². The van der Waals surface area contributed by atoms with E-state index in [9.17, 15) is 0 Å². The van der Waals surface area contributed by atoms with Crippen molar-refractivity contribution in [3.63, 3.8) is 0 Å². The molecule has 0 bridgehead atoms. The number of rotatable bonds is 6. The van der Waals surface area contributed by atoms with E-state index in [-0.39, 0.29) is 0 Å². The molecule has 0 radical (unpaired) electrons. The Kier molecular flexibility index (Phi) is 5.48. The van der Waals surface area contributed by atoms with Gasteiger partial charge in [-0.3, -0.25) is 0 Å². The Morgan fingerprint density at radius 3 is 2.50 bits per heavy atom. The highest BCUT2D eigenvalue weighted by Crippen LogP contribution is 2.26. The molecule has 0 spiro atoms. The van der Waals surface area contributed by atoms with E-state index < -0.39 is 0 Å². The van der Waals surface area contributed by atoms with E-state index in [1.54, 1.807) is 0 Å². The van der Waals surface area contributed by atoms with Crippen molar-refractivity contribution in [2.24, 2.45) is 11.8 Å². The Labute approximate surface area is 104 Å². The van der Waals surface area contributed by atoms with Crippen molar-refractivity contribution >= 4 is 27.6 Å². The number of anilines is 2. The second-order valence-corrected chi connectivity index (χ2v) is 4.39. The second kappa shape index (κ2) is 6.65. The minimum Gasteiger partial charge on any atom is -0.369 e. The number of hydrogen-bond acceptors (Lipinski definition) is 5. The molecule has 0 aromatic carbocycles. The molecule has 0 aliphatic carbocycles. The van der Waals surface area contributed by atoms with Crippen molar-refractivity contribution in [2.75, 3.05) is 17.3 Å². The summed E-state index contributed by atoms with van der Waals surface area (Å²) < 4.78 is 0.767. The average Bonchev–Trinajstić information content (AvgIpc) is 2.32. The standard InChI is InChI=1S/C10H18BrN5/c1-3-7(4-2)5-13-9-8(11)10(16-12)15-6-14-9/h6-7H,3-5,12H2,1-2H3,(H2,13,14,15,16). The fraction of sp³-hybridized carbons (Fsp3) is 0.600. The van der Waals surface area contributed by atoms with Crippen molar-refractivity contribution in [3.8, 4) is 0 Å². The molecule has 6 heteroatoms. The van der Waals surface area contributed by atoms with Gasteiger partial charge in [0.15, 0.2) is 5.82 Å². The summed E-state index contributed by atoms with van der Waals surface area (Å²) in [5.74, 6) is 7.35. The van der Waals surface area contributed by atoms with Gasteiger partial charge in [-0.2, -0.15) is 0 Å². The van der Waals surface area contributed by atoms with Gasteiger partial charge in [-0.15, -0.1) is 0 Å². The number of nitrogens with one attached hydrogen (secondary N) is 2. The first kappa shape index (κ1) is 13.2. The van der Waals surface area contributed by atoms with Crippen LogP contribution in [0.2, 0.25) is 0 Å². The predicted octanol–water partition coefficient (Wildman–Crippen LogP) is 2.37. The number of nitrogens with two attached hydrogens (primary N) is 1. The topological polar surface area (TPSA) is 75.9 Å². The van der Waals surface area contributed by atoms with Gasteiger partial charge < -0.3 is 10.7 Å². The normalized spacial score (nSPS) is 10.6. The highest BCUT2D eigenvalue weighted by atomic mass is 79.9. The van der Waals surface area contributed by atoms with E-state index in [0.29, 0.717) is 11.7 Å². The number of hydrogen-bond donors (Lipinski definition) is 3. The lowest BCUT2D eigenvalue weighted by molar-refractivity contribution is 0.518. The van der Waals surface area contributed by atoms with Crippen LogP contribution in [0.15, 0.2) is 10.8 Å². The molecular formula is C10H18BrN5. The zero-order chi connectivity index (χ0) is 12.0. The number of nitrogen functional groups attached to an aromatic ring is 1. The summed E-state index contributed by atoms with van der Waals surface area (Å²) in [7, 11) is 0. The van der Waals surface area contributed by atoms with Crippen LogP contribution in [-0.4, -0.2) is 16.5 Å². The van der Waals surface area contributed by atoms with Gasteiger partial charge in [0.25, 0.3) is 0 Å². The van der Waals surface area contributed by atoms with Gasteiger partial charge in [0.2, 0.25) is 0 Å². The maximum atomic E-state index is 5.33. The molecule has 90 valence electrons. The van der Waals surface area contributed by atoms with E-state index in [1.165, 1.54) is 6.33 Å². The Bertz CT molecular complexity index is 327. The van der Waals surface area contributed by atoms with Crippen LogP contribution in [0, 0.1) is 5.92 Å². The number of nitrogens with zero attached hydrogens (tertiary/aromatic N) is 2. The van der Waals surface area contributed by atoms with E-state index in [2.05, 4.69) is 50.5 Å². The summed E-state index contributed by atoms with van der Waals surface area (Å²) in [6.45, 7) is 5.29. The molecule has 0 aliphatic heterocycles. The lowest BCUT2D eigenvalue weighted by Gasteiger charge is -2.15. The molecule has 4 N–H and O–H groups in total. The van der Waals surface area contributed by atoms with Crippen LogP contribution in [0.1, 0.15) is 26.7 Å². The summed E-state index contributed by atoms with van der Waals surface area (Å²) in [4.78, 5) is 8.15. The van der Waals surface area contributed by atoms with Crippen molar-refractivity contribution in [1.29, 1.82) is 0 Å². The number of halogens is 1. The van der Waals surface area contributed by atoms with Crippen molar-refractivity contribution < 1.29 is 0 Å². The average molecular weight is 288 g/mol.